The number of rotatable bonds is 6. The van der Waals surface area contributed by atoms with Gasteiger partial charge in [0.25, 0.3) is 5.91 Å². The molecule has 5 heteroatoms. The zero-order chi connectivity index (χ0) is 15.9. The molecule has 0 saturated carbocycles. The quantitative estimate of drug-likeness (QED) is 0.821. The van der Waals surface area contributed by atoms with E-state index in [0.717, 1.165) is 0 Å². The number of carbonyl (C=O) groups is 2. The fraction of sp³-hybridized carbons (Fsp3) is 0.176. The maximum absolute atomic E-state index is 11.8. The average Bonchev–Trinajstić information content (AvgIpc) is 2.55. The van der Waals surface area contributed by atoms with Gasteiger partial charge in [-0.3, -0.25) is 9.59 Å². The molecule has 0 atom stereocenters. The van der Waals surface area contributed by atoms with Gasteiger partial charge in [-0.2, -0.15) is 0 Å². The van der Waals surface area contributed by atoms with Gasteiger partial charge < -0.3 is 10.1 Å². The lowest BCUT2D eigenvalue weighted by Crippen LogP contribution is -2.20. The van der Waals surface area contributed by atoms with Gasteiger partial charge in [-0.25, -0.2) is 0 Å². The van der Waals surface area contributed by atoms with Crippen LogP contribution < -0.4 is 10.1 Å². The molecule has 0 aliphatic carbocycles. The van der Waals surface area contributed by atoms with Crippen LogP contribution in [-0.4, -0.2) is 18.3 Å². The summed E-state index contributed by atoms with van der Waals surface area (Å²) in [6.45, 7) is 1.71. The van der Waals surface area contributed by atoms with Crippen molar-refractivity contribution in [1.82, 2.24) is 0 Å². The Morgan fingerprint density at radius 3 is 2.27 bits per heavy atom. The number of hydrogen-bond donors (Lipinski definition) is 1. The van der Waals surface area contributed by atoms with Gasteiger partial charge >= 0.3 is 0 Å². The van der Waals surface area contributed by atoms with Gasteiger partial charge in [0.1, 0.15) is 5.75 Å². The molecule has 0 spiro atoms. The molecular weight excluding hydrogens is 302 g/mol. The third-order valence-corrected chi connectivity index (χ3v) is 3.25. The monoisotopic (exact) mass is 317 g/mol. The number of carbonyl (C=O) groups excluding carboxylic acids is 2. The molecule has 0 heterocycles. The average molecular weight is 318 g/mol. The van der Waals surface area contributed by atoms with Crippen molar-refractivity contribution in [3.8, 4) is 5.75 Å². The summed E-state index contributed by atoms with van der Waals surface area (Å²) in [5, 5.41) is 3.31. The predicted octanol–water partition coefficient (Wildman–Crippen LogP) is 3.95. The molecule has 2 rings (SSSR count). The van der Waals surface area contributed by atoms with E-state index in [4.69, 9.17) is 16.3 Å². The first-order chi connectivity index (χ1) is 10.6. The minimum absolute atomic E-state index is 0.0760. The van der Waals surface area contributed by atoms with Crippen molar-refractivity contribution in [3.05, 3.63) is 59.1 Å². The van der Waals surface area contributed by atoms with Gasteiger partial charge in [-0.05, 0) is 48.5 Å². The summed E-state index contributed by atoms with van der Waals surface area (Å²) in [4.78, 5) is 23.3. The van der Waals surface area contributed by atoms with E-state index in [2.05, 4.69) is 5.32 Å². The van der Waals surface area contributed by atoms with Crippen LogP contribution in [0.4, 0.5) is 5.69 Å². The Balaban J connectivity index is 1.85. The topological polar surface area (TPSA) is 55.4 Å². The molecule has 2 aromatic carbocycles. The molecule has 4 nitrogen and oxygen atoms in total. The molecule has 114 valence electrons. The van der Waals surface area contributed by atoms with Crippen molar-refractivity contribution < 1.29 is 14.3 Å². The van der Waals surface area contributed by atoms with Crippen molar-refractivity contribution in [2.75, 3.05) is 11.9 Å². The molecule has 1 amide bonds. The second-order valence-electron chi connectivity index (χ2n) is 4.64. The number of Topliss-reactive ketones (excluding diaryl/α,β-unsaturated/α-hetero) is 1. The molecule has 0 radical (unpaired) electrons. The Kier molecular flexibility index (Phi) is 5.55. The summed E-state index contributed by atoms with van der Waals surface area (Å²) in [6, 6.07) is 13.6. The summed E-state index contributed by atoms with van der Waals surface area (Å²) in [6.07, 6.45) is 0.462. The third-order valence-electron chi connectivity index (χ3n) is 3.00. The summed E-state index contributed by atoms with van der Waals surface area (Å²) in [5.41, 5.74) is 1.29. The number of benzene rings is 2. The van der Waals surface area contributed by atoms with Crippen LogP contribution in [0.3, 0.4) is 0 Å². The smallest absolute Gasteiger partial charge is 0.262 e. The molecule has 22 heavy (non-hydrogen) atoms. The van der Waals surface area contributed by atoms with E-state index in [1.165, 1.54) is 0 Å². The van der Waals surface area contributed by atoms with Crippen LogP contribution in [0.25, 0.3) is 0 Å². The molecule has 2 aromatic rings. The Morgan fingerprint density at radius 1 is 1.05 bits per heavy atom. The van der Waals surface area contributed by atoms with Crippen molar-refractivity contribution in [1.29, 1.82) is 0 Å². The minimum atomic E-state index is -0.268. The second-order valence-corrected chi connectivity index (χ2v) is 5.08. The van der Waals surface area contributed by atoms with E-state index in [-0.39, 0.29) is 18.3 Å². The van der Waals surface area contributed by atoms with Crippen LogP contribution in [0.1, 0.15) is 23.7 Å². The summed E-state index contributed by atoms with van der Waals surface area (Å²) < 4.78 is 5.38. The third kappa shape index (κ3) is 4.60. The standard InChI is InChI=1S/C17H16ClNO3/c1-2-16(20)12-3-9-15(10-4-12)22-11-17(21)19-14-7-5-13(18)6-8-14/h3-10H,2,11H2,1H3,(H,19,21). The van der Waals surface area contributed by atoms with Crippen LogP contribution in [0.2, 0.25) is 5.02 Å². The Labute approximate surface area is 134 Å². The molecule has 0 aromatic heterocycles. The Hall–Kier alpha value is -2.33. The summed E-state index contributed by atoms with van der Waals surface area (Å²) >= 11 is 5.77. The van der Waals surface area contributed by atoms with Gasteiger partial charge in [-0.15, -0.1) is 0 Å². The van der Waals surface area contributed by atoms with Crippen LogP contribution in [0.5, 0.6) is 5.75 Å². The van der Waals surface area contributed by atoms with Gasteiger partial charge in [0.2, 0.25) is 0 Å². The van der Waals surface area contributed by atoms with E-state index in [1.807, 2.05) is 6.92 Å². The predicted molar refractivity (Wildman–Crippen MR) is 86.6 cm³/mol. The largest absolute Gasteiger partial charge is 0.484 e. The highest BCUT2D eigenvalue weighted by atomic mass is 35.5. The molecule has 0 aliphatic heterocycles. The first-order valence-electron chi connectivity index (χ1n) is 6.90. The second kappa shape index (κ2) is 7.61. The zero-order valence-electron chi connectivity index (χ0n) is 12.1. The van der Waals surface area contributed by atoms with Crippen LogP contribution >= 0.6 is 11.6 Å². The number of amides is 1. The lowest BCUT2D eigenvalue weighted by Gasteiger charge is -2.08. The van der Waals surface area contributed by atoms with Crippen LogP contribution in [0.15, 0.2) is 48.5 Å². The molecule has 1 N–H and O–H groups in total. The van der Waals surface area contributed by atoms with Crippen molar-refractivity contribution in [3.63, 3.8) is 0 Å². The van der Waals surface area contributed by atoms with Gasteiger partial charge in [0.15, 0.2) is 12.4 Å². The molecule has 0 unspecified atom stereocenters. The normalized spacial score (nSPS) is 10.1. The summed E-state index contributed by atoms with van der Waals surface area (Å²) in [7, 11) is 0. The highest BCUT2D eigenvalue weighted by Gasteiger charge is 2.06. The maximum Gasteiger partial charge on any atom is 0.262 e. The minimum Gasteiger partial charge on any atom is -0.484 e. The van der Waals surface area contributed by atoms with E-state index in [9.17, 15) is 9.59 Å². The van der Waals surface area contributed by atoms with Crippen LogP contribution in [0, 0.1) is 0 Å². The molecule has 0 aliphatic rings. The number of halogens is 1. The number of ketones is 1. The van der Waals surface area contributed by atoms with E-state index < -0.39 is 0 Å². The van der Waals surface area contributed by atoms with Crippen molar-refractivity contribution >= 4 is 29.0 Å². The van der Waals surface area contributed by atoms with Crippen molar-refractivity contribution in [2.45, 2.75) is 13.3 Å². The highest BCUT2D eigenvalue weighted by molar-refractivity contribution is 6.30. The maximum atomic E-state index is 11.8. The summed E-state index contributed by atoms with van der Waals surface area (Å²) in [5.74, 6) is 0.349. The van der Waals surface area contributed by atoms with E-state index >= 15 is 0 Å². The van der Waals surface area contributed by atoms with E-state index in [1.54, 1.807) is 48.5 Å². The van der Waals surface area contributed by atoms with Crippen molar-refractivity contribution in [2.24, 2.45) is 0 Å². The van der Waals surface area contributed by atoms with Gasteiger partial charge in [-0.1, -0.05) is 18.5 Å². The SMILES string of the molecule is CCC(=O)c1ccc(OCC(=O)Nc2ccc(Cl)cc2)cc1. The highest BCUT2D eigenvalue weighted by Crippen LogP contribution is 2.15. The molecule has 0 fully saturated rings. The number of anilines is 1. The lowest BCUT2D eigenvalue weighted by molar-refractivity contribution is -0.118. The fourth-order valence-corrected chi connectivity index (χ4v) is 1.95. The first kappa shape index (κ1) is 16.0. The van der Waals surface area contributed by atoms with Crippen LogP contribution in [-0.2, 0) is 4.79 Å². The first-order valence-corrected chi connectivity index (χ1v) is 7.27. The molecule has 0 saturated heterocycles. The zero-order valence-corrected chi connectivity index (χ0v) is 12.9. The van der Waals surface area contributed by atoms with Gasteiger partial charge in [0, 0.05) is 22.7 Å². The number of hydrogen-bond acceptors (Lipinski definition) is 3. The fourth-order valence-electron chi connectivity index (χ4n) is 1.82. The Morgan fingerprint density at radius 2 is 1.68 bits per heavy atom. The molecular formula is C17H16ClNO3. The number of ether oxygens (including phenoxy) is 1. The lowest BCUT2D eigenvalue weighted by atomic mass is 10.1. The van der Waals surface area contributed by atoms with E-state index in [0.29, 0.717) is 28.4 Å². The Bertz CT molecular complexity index is 651. The van der Waals surface area contributed by atoms with Gasteiger partial charge in [0.05, 0.1) is 0 Å². The number of nitrogens with one attached hydrogen (secondary N) is 1. The molecule has 0 bridgehead atoms.